The van der Waals surface area contributed by atoms with Crippen molar-refractivity contribution in [3.63, 3.8) is 0 Å². The summed E-state index contributed by atoms with van der Waals surface area (Å²) in [6.45, 7) is 0. The minimum Gasteiger partial charge on any atom is -0.368 e. The largest absolute Gasteiger partial charge is 0.368 e. The number of benzene rings is 1. The van der Waals surface area contributed by atoms with E-state index >= 15 is 0 Å². The van der Waals surface area contributed by atoms with E-state index in [9.17, 15) is 0 Å². The van der Waals surface area contributed by atoms with Gasteiger partial charge < -0.3 is 5.73 Å². The standard InChI is InChI=1S/C11H14N4/c1-15-11(12)13-10(14-15)8-7-9-5-3-2-4-6-9/h2-6H,7-8H2,1H3,(H2,12,13,14). The van der Waals surface area contributed by atoms with Gasteiger partial charge in [-0.05, 0) is 12.0 Å². The lowest BCUT2D eigenvalue weighted by molar-refractivity contribution is 0.744. The lowest BCUT2D eigenvalue weighted by atomic mass is 10.1. The highest BCUT2D eigenvalue weighted by Crippen LogP contribution is 2.05. The molecule has 0 saturated carbocycles. The van der Waals surface area contributed by atoms with Gasteiger partial charge in [0.05, 0.1) is 0 Å². The number of hydrogen-bond donors (Lipinski definition) is 1. The van der Waals surface area contributed by atoms with Crippen LogP contribution in [0.3, 0.4) is 0 Å². The molecule has 0 spiro atoms. The van der Waals surface area contributed by atoms with Crippen molar-refractivity contribution in [3.05, 3.63) is 41.7 Å². The Balaban J connectivity index is 1.99. The monoisotopic (exact) mass is 202 g/mol. The molecule has 4 nitrogen and oxygen atoms in total. The average Bonchev–Trinajstić information content (AvgIpc) is 2.57. The zero-order valence-electron chi connectivity index (χ0n) is 8.72. The Labute approximate surface area is 88.8 Å². The second kappa shape index (κ2) is 4.13. The Hall–Kier alpha value is -1.84. The number of nitrogens with two attached hydrogens (primary N) is 1. The Morgan fingerprint density at radius 3 is 2.53 bits per heavy atom. The molecular weight excluding hydrogens is 188 g/mol. The predicted octanol–water partition coefficient (Wildman–Crippen LogP) is 1.18. The summed E-state index contributed by atoms with van der Waals surface area (Å²) in [4.78, 5) is 4.15. The normalized spacial score (nSPS) is 10.5. The molecule has 0 unspecified atom stereocenters. The van der Waals surface area contributed by atoms with Crippen LogP contribution in [0.25, 0.3) is 0 Å². The van der Waals surface area contributed by atoms with Gasteiger partial charge in [0.15, 0.2) is 5.82 Å². The van der Waals surface area contributed by atoms with Crippen molar-refractivity contribution in [2.75, 3.05) is 5.73 Å². The molecule has 2 rings (SSSR count). The van der Waals surface area contributed by atoms with E-state index in [1.807, 2.05) is 18.2 Å². The zero-order chi connectivity index (χ0) is 10.7. The molecule has 0 aliphatic heterocycles. The van der Waals surface area contributed by atoms with Crippen LogP contribution in [-0.4, -0.2) is 14.8 Å². The van der Waals surface area contributed by atoms with E-state index in [-0.39, 0.29) is 0 Å². The van der Waals surface area contributed by atoms with Gasteiger partial charge in [-0.1, -0.05) is 30.3 Å². The van der Waals surface area contributed by atoms with Gasteiger partial charge in [-0.25, -0.2) is 4.68 Å². The Morgan fingerprint density at radius 1 is 1.20 bits per heavy atom. The molecule has 0 radical (unpaired) electrons. The molecule has 1 aromatic carbocycles. The molecule has 0 aliphatic rings. The first-order valence-corrected chi connectivity index (χ1v) is 4.95. The smallest absolute Gasteiger partial charge is 0.218 e. The first-order valence-electron chi connectivity index (χ1n) is 4.95. The van der Waals surface area contributed by atoms with Gasteiger partial charge in [0.2, 0.25) is 5.95 Å². The molecule has 15 heavy (non-hydrogen) atoms. The molecule has 2 N–H and O–H groups in total. The van der Waals surface area contributed by atoms with Crippen LogP contribution in [0.1, 0.15) is 11.4 Å². The van der Waals surface area contributed by atoms with Crippen LogP contribution < -0.4 is 5.73 Å². The van der Waals surface area contributed by atoms with Crippen LogP contribution >= 0.6 is 0 Å². The van der Waals surface area contributed by atoms with E-state index in [4.69, 9.17) is 5.73 Å². The summed E-state index contributed by atoms with van der Waals surface area (Å²) in [6.07, 6.45) is 1.78. The van der Waals surface area contributed by atoms with E-state index in [2.05, 4.69) is 22.2 Å². The first kappa shape index (κ1) is 9.71. The molecule has 0 aliphatic carbocycles. The van der Waals surface area contributed by atoms with Gasteiger partial charge in [0.1, 0.15) is 0 Å². The van der Waals surface area contributed by atoms with E-state index in [0.717, 1.165) is 18.7 Å². The third kappa shape index (κ3) is 2.34. The summed E-state index contributed by atoms with van der Waals surface area (Å²) in [5, 5.41) is 4.21. The van der Waals surface area contributed by atoms with E-state index in [1.54, 1.807) is 11.7 Å². The van der Waals surface area contributed by atoms with Crippen molar-refractivity contribution in [1.82, 2.24) is 14.8 Å². The number of aromatic nitrogens is 3. The minimum atomic E-state index is 0.470. The predicted molar refractivity (Wildman–Crippen MR) is 59.3 cm³/mol. The molecule has 0 saturated heterocycles. The topological polar surface area (TPSA) is 56.7 Å². The van der Waals surface area contributed by atoms with Gasteiger partial charge in [-0.2, -0.15) is 10.1 Å². The molecule has 0 bridgehead atoms. The van der Waals surface area contributed by atoms with Crippen LogP contribution in [0, 0.1) is 0 Å². The fourth-order valence-electron chi connectivity index (χ4n) is 1.46. The fraction of sp³-hybridized carbons (Fsp3) is 0.273. The fourth-order valence-corrected chi connectivity index (χ4v) is 1.46. The number of anilines is 1. The van der Waals surface area contributed by atoms with Crippen molar-refractivity contribution in [2.24, 2.45) is 7.05 Å². The maximum absolute atomic E-state index is 5.60. The molecule has 1 aromatic heterocycles. The van der Waals surface area contributed by atoms with Gasteiger partial charge in [0.25, 0.3) is 0 Å². The van der Waals surface area contributed by atoms with Crippen LogP contribution in [0.4, 0.5) is 5.95 Å². The number of rotatable bonds is 3. The van der Waals surface area contributed by atoms with Crippen molar-refractivity contribution in [2.45, 2.75) is 12.8 Å². The number of nitrogens with zero attached hydrogens (tertiary/aromatic N) is 3. The molecule has 0 atom stereocenters. The number of hydrogen-bond acceptors (Lipinski definition) is 3. The highest BCUT2D eigenvalue weighted by atomic mass is 15.4. The third-order valence-corrected chi connectivity index (χ3v) is 2.32. The summed E-state index contributed by atoms with van der Waals surface area (Å²) in [5.74, 6) is 1.27. The second-order valence-corrected chi connectivity index (χ2v) is 3.50. The third-order valence-electron chi connectivity index (χ3n) is 2.32. The molecule has 4 heteroatoms. The first-order chi connectivity index (χ1) is 7.25. The Morgan fingerprint density at radius 2 is 1.93 bits per heavy atom. The van der Waals surface area contributed by atoms with Crippen LogP contribution in [-0.2, 0) is 19.9 Å². The Bertz CT molecular complexity index is 414. The van der Waals surface area contributed by atoms with Gasteiger partial charge in [-0.15, -0.1) is 0 Å². The zero-order valence-corrected chi connectivity index (χ0v) is 8.72. The maximum Gasteiger partial charge on any atom is 0.218 e. The maximum atomic E-state index is 5.60. The van der Waals surface area contributed by atoms with Gasteiger partial charge >= 0.3 is 0 Å². The molecular formula is C11H14N4. The summed E-state index contributed by atoms with van der Waals surface area (Å²) in [6, 6.07) is 10.3. The number of nitrogen functional groups attached to an aromatic ring is 1. The SMILES string of the molecule is Cn1nc(CCc2ccccc2)nc1N. The minimum absolute atomic E-state index is 0.470. The lowest BCUT2D eigenvalue weighted by Crippen LogP contribution is -1.97. The Kier molecular flexibility index (Phi) is 2.67. The van der Waals surface area contributed by atoms with Crippen molar-refractivity contribution in [1.29, 1.82) is 0 Å². The lowest BCUT2D eigenvalue weighted by Gasteiger charge is -1.96. The van der Waals surface area contributed by atoms with Crippen LogP contribution in [0.5, 0.6) is 0 Å². The molecule has 1 heterocycles. The molecule has 2 aromatic rings. The van der Waals surface area contributed by atoms with Crippen LogP contribution in [0.2, 0.25) is 0 Å². The quantitative estimate of drug-likeness (QED) is 0.813. The molecule has 0 fully saturated rings. The highest BCUT2D eigenvalue weighted by Gasteiger charge is 2.03. The molecule has 78 valence electrons. The summed E-state index contributed by atoms with van der Waals surface area (Å²) in [5.41, 5.74) is 6.89. The highest BCUT2D eigenvalue weighted by molar-refractivity contribution is 5.18. The summed E-state index contributed by atoms with van der Waals surface area (Å²) < 4.78 is 1.60. The average molecular weight is 202 g/mol. The van der Waals surface area contributed by atoms with Crippen molar-refractivity contribution < 1.29 is 0 Å². The summed E-state index contributed by atoms with van der Waals surface area (Å²) in [7, 11) is 1.80. The van der Waals surface area contributed by atoms with Gasteiger partial charge in [-0.3, -0.25) is 0 Å². The van der Waals surface area contributed by atoms with E-state index in [1.165, 1.54) is 5.56 Å². The van der Waals surface area contributed by atoms with Crippen molar-refractivity contribution >= 4 is 5.95 Å². The second-order valence-electron chi connectivity index (χ2n) is 3.50. The van der Waals surface area contributed by atoms with Crippen LogP contribution in [0.15, 0.2) is 30.3 Å². The molecule has 0 amide bonds. The summed E-state index contributed by atoms with van der Waals surface area (Å²) >= 11 is 0. The van der Waals surface area contributed by atoms with E-state index in [0.29, 0.717) is 5.95 Å². The van der Waals surface area contributed by atoms with E-state index < -0.39 is 0 Å². The van der Waals surface area contributed by atoms with Gasteiger partial charge in [0, 0.05) is 13.5 Å². The number of aryl methyl sites for hydroxylation is 3. The van der Waals surface area contributed by atoms with Crippen molar-refractivity contribution in [3.8, 4) is 0 Å².